The number of para-hydroxylation sites is 2. The van der Waals surface area contributed by atoms with Crippen molar-refractivity contribution in [3.63, 3.8) is 0 Å². The second kappa shape index (κ2) is 15.2. The van der Waals surface area contributed by atoms with Gasteiger partial charge in [0, 0.05) is 16.9 Å². The summed E-state index contributed by atoms with van der Waals surface area (Å²) in [6.07, 6.45) is 0. The van der Waals surface area contributed by atoms with E-state index in [9.17, 15) is 0 Å². The fraction of sp³-hybridized carbons (Fsp3) is 0.0294. The Balaban J connectivity index is 0.883. The monoisotopic (exact) mass is 905 g/mol. The number of nitrogens with zero attached hydrogens (tertiary/aromatic N) is 1. The Bertz CT molecular complexity index is 3850. The zero-order valence-corrected chi connectivity index (χ0v) is 38.6. The minimum atomic E-state index is -0.526. The molecule has 0 unspecified atom stereocenters. The summed E-state index contributed by atoms with van der Waals surface area (Å²) >= 11 is 0. The van der Waals surface area contributed by atoms with Crippen molar-refractivity contribution in [2.75, 3.05) is 4.90 Å². The van der Waals surface area contributed by atoms with Gasteiger partial charge in [0.15, 0.2) is 23.0 Å². The summed E-state index contributed by atoms with van der Waals surface area (Å²) in [5.74, 6) is 2.77. The van der Waals surface area contributed by atoms with Crippen LogP contribution in [0.3, 0.4) is 0 Å². The van der Waals surface area contributed by atoms with Crippen LogP contribution in [0.1, 0.15) is 44.5 Å². The summed E-state index contributed by atoms with van der Waals surface area (Å²) in [5, 5.41) is 0. The zero-order chi connectivity index (χ0) is 46.7. The Labute approximate surface area is 413 Å². The maximum absolute atomic E-state index is 7.43. The van der Waals surface area contributed by atoms with Crippen LogP contribution in [0, 0.1) is 0 Å². The molecule has 11 aromatic rings. The highest BCUT2D eigenvalue weighted by molar-refractivity contribution is 5.99. The average molecular weight is 906 g/mol. The van der Waals surface area contributed by atoms with Crippen molar-refractivity contribution in [3.8, 4) is 67.5 Å². The molecule has 3 heteroatoms. The third-order valence-electron chi connectivity index (χ3n) is 15.6. The molecule has 4 aliphatic rings. The van der Waals surface area contributed by atoms with E-state index in [1.807, 2.05) is 6.07 Å². The Morgan fingerprint density at radius 2 is 0.746 bits per heavy atom. The van der Waals surface area contributed by atoms with Gasteiger partial charge in [0.1, 0.15) is 0 Å². The summed E-state index contributed by atoms with van der Waals surface area (Å²) in [6.45, 7) is 0. The quantitative estimate of drug-likeness (QED) is 0.166. The standard InChI is InChI=1S/C68H43NO2/c1-4-20-45(21-5-1)67(46-22-6-2-7-23-46)55-32-14-12-28-52(55)53-31-18-30-49(64(53)67)44-38-40-48(41-39-44)69(47-24-8-3-9-25-47)60-36-19-37-61-65(60)71-66-62(70-61)43-42-59-63(66)54-29-13-17-35-58(54)68(59)56-33-15-10-26-50(56)51-27-11-16-34-57(51)68/h1-43H. The molecule has 0 N–H and O–H groups in total. The van der Waals surface area contributed by atoms with Gasteiger partial charge in [-0.3, -0.25) is 0 Å². The van der Waals surface area contributed by atoms with E-state index in [4.69, 9.17) is 9.47 Å². The molecular formula is C68H43NO2. The summed E-state index contributed by atoms with van der Waals surface area (Å²) in [7, 11) is 0. The van der Waals surface area contributed by atoms with Crippen LogP contribution < -0.4 is 14.4 Å². The molecule has 0 radical (unpaired) electrons. The highest BCUT2D eigenvalue weighted by Crippen LogP contribution is 2.67. The van der Waals surface area contributed by atoms with Crippen LogP contribution in [0.15, 0.2) is 261 Å². The lowest BCUT2D eigenvalue weighted by atomic mass is 9.66. The van der Waals surface area contributed by atoms with Gasteiger partial charge in [-0.25, -0.2) is 0 Å². The molecule has 0 aromatic heterocycles. The predicted molar refractivity (Wildman–Crippen MR) is 287 cm³/mol. The lowest BCUT2D eigenvalue weighted by Crippen LogP contribution is -2.29. The number of anilines is 3. The summed E-state index contributed by atoms with van der Waals surface area (Å²) < 4.78 is 14.4. The van der Waals surface area contributed by atoms with Crippen LogP contribution in [0.2, 0.25) is 0 Å². The maximum atomic E-state index is 7.43. The molecule has 1 heterocycles. The van der Waals surface area contributed by atoms with Crippen molar-refractivity contribution >= 4 is 17.1 Å². The van der Waals surface area contributed by atoms with Crippen molar-refractivity contribution in [1.29, 1.82) is 0 Å². The van der Waals surface area contributed by atoms with Crippen LogP contribution in [0.5, 0.6) is 23.0 Å². The first-order valence-electron chi connectivity index (χ1n) is 24.5. The molecule has 1 aliphatic heterocycles. The van der Waals surface area contributed by atoms with Crippen LogP contribution in [-0.2, 0) is 10.8 Å². The summed E-state index contributed by atoms with van der Waals surface area (Å²) in [6, 6.07) is 94.8. The third-order valence-corrected chi connectivity index (χ3v) is 15.6. The molecular weight excluding hydrogens is 863 g/mol. The highest BCUT2D eigenvalue weighted by Gasteiger charge is 2.53. The SMILES string of the molecule is c1ccc(N(c2ccc(-c3cccc4c3C(c3ccccc3)(c3ccccc3)c3ccccc3-4)cc2)c2cccc3c2Oc2c(ccc4c2-c2ccccc2C42c4ccccc4-c4ccccc42)O3)cc1. The van der Waals surface area contributed by atoms with E-state index in [1.165, 1.54) is 72.3 Å². The number of fused-ring (bicyclic) bond motifs is 16. The van der Waals surface area contributed by atoms with Crippen LogP contribution in [0.25, 0.3) is 44.5 Å². The van der Waals surface area contributed by atoms with E-state index in [1.54, 1.807) is 0 Å². The second-order valence-corrected chi connectivity index (χ2v) is 19.0. The van der Waals surface area contributed by atoms with Gasteiger partial charge < -0.3 is 14.4 Å². The van der Waals surface area contributed by atoms with E-state index in [2.05, 4.69) is 260 Å². The highest BCUT2D eigenvalue weighted by atomic mass is 16.6. The lowest BCUT2D eigenvalue weighted by Gasteiger charge is -2.35. The normalized spacial score (nSPS) is 14.1. The third kappa shape index (κ3) is 5.38. The molecule has 0 fully saturated rings. The van der Waals surface area contributed by atoms with Crippen LogP contribution in [0.4, 0.5) is 17.1 Å². The Kier molecular flexibility index (Phi) is 8.49. The topological polar surface area (TPSA) is 21.7 Å². The molecule has 71 heavy (non-hydrogen) atoms. The number of benzene rings is 11. The second-order valence-electron chi connectivity index (χ2n) is 19.0. The largest absolute Gasteiger partial charge is 0.449 e. The molecule has 3 nitrogen and oxygen atoms in total. The minimum Gasteiger partial charge on any atom is -0.449 e. The van der Waals surface area contributed by atoms with Gasteiger partial charge in [-0.2, -0.15) is 0 Å². The van der Waals surface area contributed by atoms with Gasteiger partial charge in [-0.1, -0.05) is 218 Å². The molecule has 0 bridgehead atoms. The van der Waals surface area contributed by atoms with Gasteiger partial charge >= 0.3 is 0 Å². The summed E-state index contributed by atoms with van der Waals surface area (Å²) in [5.41, 5.74) is 21.6. The Morgan fingerprint density at radius 1 is 0.282 bits per heavy atom. The maximum Gasteiger partial charge on any atom is 0.194 e. The van der Waals surface area contributed by atoms with Crippen LogP contribution in [-0.4, -0.2) is 0 Å². The molecule has 1 spiro atoms. The first-order valence-corrected chi connectivity index (χ1v) is 24.5. The van der Waals surface area contributed by atoms with E-state index in [0.29, 0.717) is 17.2 Å². The lowest BCUT2D eigenvalue weighted by molar-refractivity contribution is 0.361. The van der Waals surface area contributed by atoms with E-state index in [0.717, 1.165) is 39.5 Å². The van der Waals surface area contributed by atoms with Gasteiger partial charge in [0.25, 0.3) is 0 Å². The average Bonchev–Trinajstić information content (AvgIpc) is 4.05. The van der Waals surface area contributed by atoms with Crippen molar-refractivity contribution in [3.05, 3.63) is 305 Å². The molecule has 0 saturated carbocycles. The molecule has 0 atom stereocenters. The minimum absolute atomic E-state index is 0.501. The number of ether oxygens (including phenoxy) is 2. The molecule has 0 saturated heterocycles. The number of hydrogen-bond donors (Lipinski definition) is 0. The van der Waals surface area contributed by atoms with Gasteiger partial charge in [-0.05, 0) is 126 Å². The van der Waals surface area contributed by atoms with Crippen molar-refractivity contribution in [2.24, 2.45) is 0 Å². The van der Waals surface area contributed by atoms with E-state index < -0.39 is 10.8 Å². The van der Waals surface area contributed by atoms with Gasteiger partial charge in [-0.15, -0.1) is 0 Å². The van der Waals surface area contributed by atoms with Crippen molar-refractivity contribution in [1.82, 2.24) is 0 Å². The van der Waals surface area contributed by atoms with Gasteiger partial charge in [0.05, 0.1) is 16.5 Å². The van der Waals surface area contributed by atoms with E-state index >= 15 is 0 Å². The first kappa shape index (κ1) is 39.8. The van der Waals surface area contributed by atoms with Crippen LogP contribution >= 0.6 is 0 Å². The zero-order valence-electron chi connectivity index (χ0n) is 38.6. The molecule has 0 amide bonds. The summed E-state index contributed by atoms with van der Waals surface area (Å²) in [4.78, 5) is 2.29. The molecule has 3 aliphatic carbocycles. The molecule has 11 aromatic carbocycles. The fourth-order valence-electron chi connectivity index (χ4n) is 12.9. The Hall–Kier alpha value is -9.18. The van der Waals surface area contributed by atoms with Gasteiger partial charge in [0.2, 0.25) is 0 Å². The van der Waals surface area contributed by atoms with Crippen molar-refractivity contribution < 1.29 is 9.47 Å². The Morgan fingerprint density at radius 3 is 1.38 bits per heavy atom. The smallest absolute Gasteiger partial charge is 0.194 e. The fourth-order valence-corrected chi connectivity index (χ4v) is 12.9. The molecule has 15 rings (SSSR count). The first-order chi connectivity index (χ1) is 35.2. The van der Waals surface area contributed by atoms with Crippen molar-refractivity contribution in [2.45, 2.75) is 10.8 Å². The molecule has 332 valence electrons. The van der Waals surface area contributed by atoms with E-state index in [-0.39, 0.29) is 0 Å². The number of hydrogen-bond acceptors (Lipinski definition) is 3. The number of rotatable bonds is 6. The predicted octanol–water partition coefficient (Wildman–Crippen LogP) is 17.4.